The van der Waals surface area contributed by atoms with Gasteiger partial charge in [-0.3, -0.25) is 14.5 Å². The number of rotatable bonds is 4. The number of carbonyl (C=O) groups excluding carboxylic acids is 2. The van der Waals surface area contributed by atoms with Gasteiger partial charge in [0.25, 0.3) is 0 Å². The fourth-order valence-corrected chi connectivity index (χ4v) is 6.75. The molecule has 1 saturated heterocycles. The van der Waals surface area contributed by atoms with E-state index in [9.17, 15) is 14.0 Å². The molecule has 2 amide bonds. The van der Waals surface area contributed by atoms with E-state index in [-0.39, 0.29) is 34.8 Å². The Morgan fingerprint density at radius 3 is 2.64 bits per heavy atom. The number of ether oxygens (including phenoxy) is 1. The fourth-order valence-electron chi connectivity index (χ4n) is 4.57. The molecular weight excluding hydrogens is 499 g/mol. The Morgan fingerprint density at radius 2 is 1.97 bits per heavy atom. The molecule has 1 fully saturated rings. The fraction of sp³-hybridized carbons (Fsp3) is 0.423. The number of hydrogen-bond acceptors (Lipinski definition) is 6. The summed E-state index contributed by atoms with van der Waals surface area (Å²) in [5, 5.41) is 6.87. The quantitative estimate of drug-likeness (QED) is 0.502. The summed E-state index contributed by atoms with van der Waals surface area (Å²) in [4.78, 5) is 31.4. The first kappa shape index (κ1) is 25.0. The second-order valence-electron chi connectivity index (χ2n) is 9.91. The molecule has 0 bridgehead atoms. The monoisotopic (exact) mass is 528 g/mol. The van der Waals surface area contributed by atoms with Crippen LogP contribution >= 0.6 is 23.1 Å². The molecule has 2 aliphatic heterocycles. The Bertz CT molecular complexity index is 1260. The third-order valence-corrected chi connectivity index (χ3v) is 8.63. The summed E-state index contributed by atoms with van der Waals surface area (Å²) < 4.78 is 21.4. The van der Waals surface area contributed by atoms with Gasteiger partial charge in [-0.05, 0) is 29.6 Å². The van der Waals surface area contributed by atoms with Crippen LogP contribution in [-0.4, -0.2) is 65.1 Å². The number of nitrogens with zero attached hydrogens (tertiary/aromatic N) is 4. The molecule has 36 heavy (non-hydrogen) atoms. The van der Waals surface area contributed by atoms with Crippen molar-refractivity contribution in [2.24, 2.45) is 0 Å². The summed E-state index contributed by atoms with van der Waals surface area (Å²) in [7, 11) is 0. The summed E-state index contributed by atoms with van der Waals surface area (Å²) >= 11 is 3.18. The molecule has 0 aliphatic carbocycles. The van der Waals surface area contributed by atoms with E-state index in [2.05, 4.69) is 26.8 Å². The number of amides is 2. The van der Waals surface area contributed by atoms with Crippen LogP contribution in [0.5, 0.6) is 0 Å². The first-order chi connectivity index (χ1) is 17.2. The van der Waals surface area contributed by atoms with Crippen LogP contribution in [0.3, 0.4) is 0 Å². The van der Waals surface area contributed by atoms with Gasteiger partial charge in [0.2, 0.25) is 11.8 Å². The van der Waals surface area contributed by atoms with E-state index in [0.29, 0.717) is 37.8 Å². The molecule has 4 heterocycles. The van der Waals surface area contributed by atoms with Crippen molar-refractivity contribution in [3.05, 3.63) is 63.7 Å². The molecular formula is C26H29FN4O3S2. The van der Waals surface area contributed by atoms with Crippen molar-refractivity contribution < 1.29 is 18.7 Å². The van der Waals surface area contributed by atoms with Crippen LogP contribution in [0.1, 0.15) is 42.2 Å². The second-order valence-corrected chi connectivity index (χ2v) is 12.0. The van der Waals surface area contributed by atoms with Crippen molar-refractivity contribution in [2.45, 2.75) is 31.4 Å². The highest BCUT2D eigenvalue weighted by molar-refractivity contribution is 8.00. The Kier molecular flexibility index (Phi) is 6.93. The maximum atomic E-state index is 14.3. The van der Waals surface area contributed by atoms with E-state index in [1.165, 1.54) is 12.1 Å². The molecule has 0 radical (unpaired) electrons. The zero-order valence-corrected chi connectivity index (χ0v) is 22.2. The van der Waals surface area contributed by atoms with Crippen molar-refractivity contribution in [3.8, 4) is 5.69 Å². The predicted octanol–water partition coefficient (Wildman–Crippen LogP) is 4.40. The van der Waals surface area contributed by atoms with Crippen LogP contribution in [0, 0.1) is 5.82 Å². The number of anilines is 1. The van der Waals surface area contributed by atoms with Crippen LogP contribution in [0.15, 0.2) is 41.8 Å². The molecule has 0 spiro atoms. The molecule has 190 valence electrons. The number of fused-ring (bicyclic) bond motifs is 1. The summed E-state index contributed by atoms with van der Waals surface area (Å²) in [5.74, 6) is 0.0662. The minimum atomic E-state index is -0.394. The molecule has 10 heteroatoms. The van der Waals surface area contributed by atoms with E-state index in [0.717, 1.165) is 16.1 Å². The highest BCUT2D eigenvalue weighted by atomic mass is 32.2. The van der Waals surface area contributed by atoms with E-state index < -0.39 is 5.82 Å². The lowest BCUT2D eigenvalue weighted by atomic mass is 9.88. The molecule has 5 rings (SSSR count). The van der Waals surface area contributed by atoms with Crippen LogP contribution in [0.2, 0.25) is 0 Å². The molecule has 1 atom stereocenters. The first-order valence-corrected chi connectivity index (χ1v) is 13.9. The maximum Gasteiger partial charge on any atom is 0.242 e. The Balaban J connectivity index is 1.71. The van der Waals surface area contributed by atoms with Crippen molar-refractivity contribution in [1.29, 1.82) is 0 Å². The van der Waals surface area contributed by atoms with Crippen LogP contribution in [-0.2, 0) is 19.7 Å². The number of carbonyl (C=O) groups is 2. The maximum absolute atomic E-state index is 14.3. The van der Waals surface area contributed by atoms with Crippen molar-refractivity contribution >= 4 is 40.7 Å². The van der Waals surface area contributed by atoms with Gasteiger partial charge in [-0.2, -0.15) is 5.10 Å². The van der Waals surface area contributed by atoms with Crippen LogP contribution < -0.4 is 4.90 Å². The number of morpholine rings is 1. The normalized spacial score (nSPS) is 18.8. The lowest BCUT2D eigenvalue weighted by Crippen LogP contribution is -2.48. The smallest absolute Gasteiger partial charge is 0.242 e. The molecule has 1 aromatic carbocycles. The number of halogens is 1. The number of thioether (sulfide) groups is 1. The Hall–Kier alpha value is -2.69. The van der Waals surface area contributed by atoms with E-state index in [1.54, 1.807) is 49.7 Å². The van der Waals surface area contributed by atoms with Gasteiger partial charge < -0.3 is 9.64 Å². The molecule has 0 saturated carbocycles. The van der Waals surface area contributed by atoms with Crippen molar-refractivity contribution in [3.63, 3.8) is 0 Å². The van der Waals surface area contributed by atoms with E-state index in [4.69, 9.17) is 9.84 Å². The first-order valence-electron chi connectivity index (χ1n) is 11.9. The molecule has 2 aromatic heterocycles. The summed E-state index contributed by atoms with van der Waals surface area (Å²) in [6, 6.07) is 10.3. The second kappa shape index (κ2) is 9.99. The molecule has 3 aromatic rings. The van der Waals surface area contributed by atoms with E-state index in [1.807, 2.05) is 11.4 Å². The zero-order valence-electron chi connectivity index (χ0n) is 20.6. The predicted molar refractivity (Wildman–Crippen MR) is 141 cm³/mol. The largest absolute Gasteiger partial charge is 0.378 e. The van der Waals surface area contributed by atoms with Gasteiger partial charge in [0.05, 0.1) is 35.6 Å². The number of hydrogen-bond donors (Lipinski definition) is 0. The van der Waals surface area contributed by atoms with Gasteiger partial charge in [0.1, 0.15) is 18.2 Å². The van der Waals surface area contributed by atoms with Crippen molar-refractivity contribution in [2.75, 3.05) is 43.5 Å². The molecule has 7 nitrogen and oxygen atoms in total. The molecule has 0 N–H and O–H groups in total. The average molecular weight is 529 g/mol. The summed E-state index contributed by atoms with van der Waals surface area (Å²) in [6.07, 6.45) is 0. The Morgan fingerprint density at radius 1 is 1.19 bits per heavy atom. The summed E-state index contributed by atoms with van der Waals surface area (Å²) in [6.45, 7) is 8.10. The van der Waals surface area contributed by atoms with Gasteiger partial charge in [0.15, 0.2) is 0 Å². The van der Waals surface area contributed by atoms with Gasteiger partial charge in [-0.25, -0.2) is 9.07 Å². The number of benzene rings is 1. The number of aromatic nitrogens is 2. The standard InChI is InChI=1S/C26H29FN4O3S2/c1-26(2,3)24-22-23(19-8-5-13-35-19)36-16-21(33)30(15-20(32)29-9-11-34-12-10-29)25(22)31(28-24)18-7-4-6-17(27)14-18/h4-8,13-14,23H,9-12,15-16H2,1-3H3/t23-/m0/s1. The SMILES string of the molecule is CC(C)(C)c1nn(-c2cccc(F)c2)c2c1[C@H](c1cccs1)SCC(=O)N2CC(=O)N1CCOCC1. The van der Waals surface area contributed by atoms with Gasteiger partial charge in [-0.15, -0.1) is 23.1 Å². The third kappa shape index (κ3) is 4.81. The number of thiophene rings is 1. The molecule has 0 unspecified atom stereocenters. The van der Waals surface area contributed by atoms with Crippen LogP contribution in [0.4, 0.5) is 10.2 Å². The molecule has 2 aliphatic rings. The average Bonchev–Trinajstić information content (AvgIpc) is 3.49. The summed E-state index contributed by atoms with van der Waals surface area (Å²) in [5.41, 5.74) is 1.88. The van der Waals surface area contributed by atoms with E-state index >= 15 is 0 Å². The Labute approximate surface area is 218 Å². The highest BCUT2D eigenvalue weighted by Crippen LogP contribution is 2.49. The van der Waals surface area contributed by atoms with Gasteiger partial charge >= 0.3 is 0 Å². The lowest BCUT2D eigenvalue weighted by Gasteiger charge is -2.30. The zero-order chi connectivity index (χ0) is 25.4. The minimum Gasteiger partial charge on any atom is -0.378 e. The highest BCUT2D eigenvalue weighted by Gasteiger charge is 2.40. The van der Waals surface area contributed by atoms with Crippen molar-refractivity contribution in [1.82, 2.24) is 14.7 Å². The van der Waals surface area contributed by atoms with Crippen LogP contribution in [0.25, 0.3) is 5.69 Å². The topological polar surface area (TPSA) is 67.7 Å². The lowest BCUT2D eigenvalue weighted by molar-refractivity contribution is -0.134. The van der Waals surface area contributed by atoms with Gasteiger partial charge in [0, 0.05) is 28.9 Å². The van der Waals surface area contributed by atoms with Gasteiger partial charge in [-0.1, -0.05) is 32.9 Å². The minimum absolute atomic E-state index is 0.103. The third-order valence-electron chi connectivity index (χ3n) is 6.31.